The Morgan fingerprint density at radius 3 is 1.84 bits per heavy atom. The van der Waals surface area contributed by atoms with Gasteiger partial charge in [-0.2, -0.15) is 0 Å². The van der Waals surface area contributed by atoms with Crippen molar-refractivity contribution < 1.29 is 23.8 Å². The summed E-state index contributed by atoms with van der Waals surface area (Å²) in [7, 11) is 0. The predicted molar refractivity (Wildman–Crippen MR) is 122 cm³/mol. The van der Waals surface area contributed by atoms with Crippen molar-refractivity contribution in [3.63, 3.8) is 0 Å². The van der Waals surface area contributed by atoms with Crippen LogP contribution in [0.1, 0.15) is 44.7 Å². The monoisotopic (exact) mass is 435 g/mol. The molecule has 0 bridgehead atoms. The Labute approximate surface area is 188 Å². The molecule has 0 saturated heterocycles. The molecule has 1 aliphatic heterocycles. The van der Waals surface area contributed by atoms with Crippen LogP contribution in [0, 0.1) is 0 Å². The fourth-order valence-corrected chi connectivity index (χ4v) is 3.78. The van der Waals surface area contributed by atoms with E-state index in [1.54, 1.807) is 13.8 Å². The minimum absolute atomic E-state index is 0.242. The Morgan fingerprint density at radius 1 is 0.812 bits per heavy atom. The van der Waals surface area contributed by atoms with E-state index in [9.17, 15) is 9.59 Å². The molecule has 0 amide bonds. The van der Waals surface area contributed by atoms with Crippen LogP contribution in [0.5, 0.6) is 5.75 Å². The average molecular weight is 436 g/mol. The van der Waals surface area contributed by atoms with E-state index in [4.69, 9.17) is 14.2 Å². The van der Waals surface area contributed by atoms with Crippen molar-refractivity contribution >= 4 is 11.9 Å². The average Bonchev–Trinajstić information content (AvgIpc) is 2.78. The van der Waals surface area contributed by atoms with Crippen molar-refractivity contribution in [2.45, 2.75) is 40.2 Å². The highest BCUT2D eigenvalue weighted by molar-refractivity contribution is 5.99. The van der Waals surface area contributed by atoms with Gasteiger partial charge in [-0.25, -0.2) is 9.59 Å². The molecule has 0 aromatic heterocycles. The van der Waals surface area contributed by atoms with Crippen molar-refractivity contribution in [1.29, 1.82) is 0 Å². The zero-order valence-corrected chi connectivity index (χ0v) is 18.9. The van der Waals surface area contributed by atoms with Gasteiger partial charge >= 0.3 is 11.9 Å². The van der Waals surface area contributed by atoms with Crippen LogP contribution < -0.4 is 10.1 Å². The summed E-state index contributed by atoms with van der Waals surface area (Å²) in [6, 6.07) is 17.3. The SMILES string of the molecule is CCOC(=O)C1=C(C)NC(C)=C(C(=O)OCC)C1c1ccc(OCc2ccccc2)cc1. The molecule has 0 unspecified atom stereocenters. The minimum Gasteiger partial charge on any atom is -0.489 e. The quantitative estimate of drug-likeness (QED) is 0.610. The van der Waals surface area contributed by atoms with E-state index in [1.807, 2.05) is 68.4 Å². The molecule has 0 radical (unpaired) electrons. The minimum atomic E-state index is -0.600. The summed E-state index contributed by atoms with van der Waals surface area (Å²) in [5.41, 5.74) is 3.97. The molecule has 0 spiro atoms. The van der Waals surface area contributed by atoms with Gasteiger partial charge < -0.3 is 19.5 Å². The Balaban J connectivity index is 1.94. The lowest BCUT2D eigenvalue weighted by molar-refractivity contribution is -0.139. The second-order valence-corrected chi connectivity index (χ2v) is 7.42. The molecule has 6 nitrogen and oxygen atoms in total. The standard InChI is InChI=1S/C26H29NO5/c1-5-30-25(28)22-17(3)27-18(4)23(26(29)31-6-2)24(22)20-12-14-21(15-13-20)32-16-19-10-8-7-9-11-19/h7-15,24,27H,5-6,16H2,1-4H3. The third kappa shape index (κ3) is 5.19. The normalized spacial score (nSPS) is 14.1. The Hall–Kier alpha value is -3.54. The second-order valence-electron chi connectivity index (χ2n) is 7.42. The van der Waals surface area contributed by atoms with Crippen molar-refractivity contribution in [2.24, 2.45) is 0 Å². The van der Waals surface area contributed by atoms with Gasteiger partial charge in [0.15, 0.2) is 0 Å². The molecule has 3 rings (SSSR count). The molecule has 1 heterocycles. The maximum atomic E-state index is 12.8. The Morgan fingerprint density at radius 2 is 1.34 bits per heavy atom. The molecule has 2 aromatic rings. The van der Waals surface area contributed by atoms with E-state index in [0.717, 1.165) is 11.1 Å². The summed E-state index contributed by atoms with van der Waals surface area (Å²) in [6.07, 6.45) is 0. The Kier molecular flexibility index (Phi) is 7.71. The number of allylic oxidation sites excluding steroid dienone is 2. The summed E-state index contributed by atoms with van der Waals surface area (Å²) < 4.78 is 16.5. The zero-order valence-electron chi connectivity index (χ0n) is 18.9. The number of ether oxygens (including phenoxy) is 3. The van der Waals surface area contributed by atoms with Gasteiger partial charge in [0.1, 0.15) is 12.4 Å². The van der Waals surface area contributed by atoms with Gasteiger partial charge in [-0.15, -0.1) is 0 Å². The van der Waals surface area contributed by atoms with Crippen molar-refractivity contribution in [2.75, 3.05) is 13.2 Å². The first-order valence-electron chi connectivity index (χ1n) is 10.8. The van der Waals surface area contributed by atoms with E-state index in [0.29, 0.717) is 34.9 Å². The van der Waals surface area contributed by atoms with Crippen LogP contribution in [0.25, 0.3) is 0 Å². The summed E-state index contributed by atoms with van der Waals surface area (Å²) >= 11 is 0. The summed E-state index contributed by atoms with van der Waals surface area (Å²) in [4.78, 5) is 25.7. The molecule has 0 aliphatic carbocycles. The third-order valence-corrected chi connectivity index (χ3v) is 5.21. The smallest absolute Gasteiger partial charge is 0.336 e. The number of dihydropyridines is 1. The van der Waals surface area contributed by atoms with Crippen molar-refractivity contribution in [3.05, 3.63) is 88.3 Å². The first-order chi connectivity index (χ1) is 15.5. The highest BCUT2D eigenvalue weighted by Crippen LogP contribution is 2.39. The van der Waals surface area contributed by atoms with Crippen LogP contribution in [0.2, 0.25) is 0 Å². The molecule has 0 fully saturated rings. The number of benzene rings is 2. The molecule has 168 valence electrons. The molecular formula is C26H29NO5. The van der Waals surface area contributed by atoms with Crippen molar-refractivity contribution in [3.8, 4) is 5.75 Å². The highest BCUT2D eigenvalue weighted by atomic mass is 16.5. The highest BCUT2D eigenvalue weighted by Gasteiger charge is 2.37. The van der Waals surface area contributed by atoms with Gasteiger partial charge in [0.05, 0.1) is 30.3 Å². The van der Waals surface area contributed by atoms with Crippen LogP contribution in [-0.4, -0.2) is 25.2 Å². The maximum Gasteiger partial charge on any atom is 0.336 e. The molecule has 1 aliphatic rings. The van der Waals surface area contributed by atoms with Crippen LogP contribution in [0.4, 0.5) is 0 Å². The van der Waals surface area contributed by atoms with Crippen LogP contribution in [0.15, 0.2) is 77.1 Å². The van der Waals surface area contributed by atoms with Gasteiger partial charge in [0.2, 0.25) is 0 Å². The molecule has 1 N–H and O–H groups in total. The molecule has 0 atom stereocenters. The fourth-order valence-electron chi connectivity index (χ4n) is 3.78. The van der Waals surface area contributed by atoms with Gasteiger partial charge in [0.25, 0.3) is 0 Å². The van der Waals surface area contributed by atoms with Crippen LogP contribution in [-0.2, 0) is 25.7 Å². The van der Waals surface area contributed by atoms with E-state index < -0.39 is 17.9 Å². The lowest BCUT2D eigenvalue weighted by Crippen LogP contribution is -2.32. The van der Waals surface area contributed by atoms with Gasteiger partial charge in [-0.1, -0.05) is 42.5 Å². The first-order valence-corrected chi connectivity index (χ1v) is 10.8. The van der Waals surface area contributed by atoms with Crippen LogP contribution >= 0.6 is 0 Å². The van der Waals surface area contributed by atoms with Crippen molar-refractivity contribution in [1.82, 2.24) is 5.32 Å². The Bertz CT molecular complexity index is 982. The number of carbonyl (C=O) groups excluding carboxylic acids is 2. The van der Waals surface area contributed by atoms with E-state index in [2.05, 4.69) is 5.32 Å². The lowest BCUT2D eigenvalue weighted by Gasteiger charge is -2.30. The van der Waals surface area contributed by atoms with Crippen LogP contribution in [0.3, 0.4) is 0 Å². The topological polar surface area (TPSA) is 73.9 Å². The molecule has 2 aromatic carbocycles. The zero-order chi connectivity index (χ0) is 23.1. The molecule has 0 saturated carbocycles. The summed E-state index contributed by atoms with van der Waals surface area (Å²) in [5, 5.41) is 3.14. The predicted octanol–water partition coefficient (Wildman–Crippen LogP) is 4.63. The number of rotatable bonds is 8. The number of carbonyl (C=O) groups is 2. The largest absolute Gasteiger partial charge is 0.489 e. The third-order valence-electron chi connectivity index (χ3n) is 5.21. The number of esters is 2. The molecule has 6 heteroatoms. The fraction of sp³-hybridized carbons (Fsp3) is 0.308. The molecule has 32 heavy (non-hydrogen) atoms. The van der Waals surface area contributed by atoms with E-state index >= 15 is 0 Å². The van der Waals surface area contributed by atoms with Gasteiger partial charge in [-0.05, 0) is 51.0 Å². The second kappa shape index (κ2) is 10.7. The van der Waals surface area contributed by atoms with E-state index in [1.165, 1.54) is 0 Å². The first kappa shape index (κ1) is 23.1. The summed E-state index contributed by atoms with van der Waals surface area (Å²) in [6.45, 7) is 8.06. The van der Waals surface area contributed by atoms with E-state index in [-0.39, 0.29) is 13.2 Å². The number of hydrogen-bond donors (Lipinski definition) is 1. The number of nitrogens with one attached hydrogen (secondary N) is 1. The summed E-state index contributed by atoms with van der Waals surface area (Å²) in [5.74, 6) is -0.816. The molecular weight excluding hydrogens is 406 g/mol. The lowest BCUT2D eigenvalue weighted by atomic mass is 9.80. The maximum absolute atomic E-state index is 12.8. The van der Waals surface area contributed by atoms with Gasteiger partial charge in [-0.3, -0.25) is 0 Å². The van der Waals surface area contributed by atoms with Gasteiger partial charge in [0, 0.05) is 11.4 Å². The number of hydrogen-bond acceptors (Lipinski definition) is 6.